The lowest BCUT2D eigenvalue weighted by Crippen LogP contribution is -2.32. The van der Waals surface area contributed by atoms with Crippen molar-refractivity contribution in [3.8, 4) is 0 Å². The third kappa shape index (κ3) is 3.33. The molecule has 102 valence electrons. The summed E-state index contributed by atoms with van der Waals surface area (Å²) in [5, 5.41) is 3.67. The quantitative estimate of drug-likeness (QED) is 0.841. The van der Waals surface area contributed by atoms with Crippen molar-refractivity contribution in [1.29, 1.82) is 0 Å². The van der Waals surface area contributed by atoms with Crippen LogP contribution in [0.2, 0.25) is 0 Å². The lowest BCUT2D eigenvalue weighted by atomic mass is 9.93. The van der Waals surface area contributed by atoms with Gasteiger partial charge in [-0.15, -0.1) is 0 Å². The minimum Gasteiger partial charge on any atom is -0.464 e. The molecule has 0 saturated heterocycles. The Labute approximate surface area is 115 Å². The molecule has 18 heavy (non-hydrogen) atoms. The summed E-state index contributed by atoms with van der Waals surface area (Å²) in [6.45, 7) is 5.57. The van der Waals surface area contributed by atoms with E-state index in [1.54, 1.807) is 11.8 Å². The molecule has 1 fully saturated rings. The van der Waals surface area contributed by atoms with E-state index in [0.29, 0.717) is 6.04 Å². The summed E-state index contributed by atoms with van der Waals surface area (Å²) < 4.78 is 5.79. The van der Waals surface area contributed by atoms with Crippen LogP contribution in [0.15, 0.2) is 16.5 Å². The first kappa shape index (κ1) is 14.0. The van der Waals surface area contributed by atoms with Crippen molar-refractivity contribution in [2.45, 2.75) is 51.4 Å². The van der Waals surface area contributed by atoms with Crippen LogP contribution in [-0.4, -0.2) is 12.3 Å². The highest BCUT2D eigenvalue weighted by molar-refractivity contribution is 7.97. The molecule has 0 aromatic carbocycles. The van der Waals surface area contributed by atoms with Crippen molar-refractivity contribution in [2.24, 2.45) is 11.8 Å². The van der Waals surface area contributed by atoms with Crippen LogP contribution in [0.1, 0.15) is 44.6 Å². The van der Waals surface area contributed by atoms with Crippen LogP contribution >= 0.6 is 11.8 Å². The summed E-state index contributed by atoms with van der Waals surface area (Å²) in [7, 11) is 0. The highest BCUT2D eigenvalue weighted by Gasteiger charge is 2.30. The first-order valence-electron chi connectivity index (χ1n) is 7.04. The smallest absolute Gasteiger partial charge is 0.118 e. The molecule has 0 amide bonds. The number of nitrogens with one attached hydrogen (secondary N) is 1. The van der Waals surface area contributed by atoms with Crippen molar-refractivity contribution in [3.05, 3.63) is 23.7 Å². The van der Waals surface area contributed by atoms with Gasteiger partial charge in [0.15, 0.2) is 0 Å². The van der Waals surface area contributed by atoms with E-state index in [1.165, 1.54) is 19.3 Å². The molecule has 1 aromatic heterocycles. The van der Waals surface area contributed by atoms with Gasteiger partial charge in [-0.25, -0.2) is 0 Å². The Morgan fingerprint density at radius 2 is 2.11 bits per heavy atom. The number of hydrogen-bond acceptors (Lipinski definition) is 3. The second-order valence-electron chi connectivity index (χ2n) is 5.39. The highest BCUT2D eigenvalue weighted by atomic mass is 32.2. The molecular weight excluding hydrogens is 242 g/mol. The lowest BCUT2D eigenvalue weighted by molar-refractivity contribution is 0.334. The largest absolute Gasteiger partial charge is 0.464 e. The van der Waals surface area contributed by atoms with Crippen LogP contribution in [0.3, 0.4) is 0 Å². The summed E-state index contributed by atoms with van der Waals surface area (Å²) in [4.78, 5) is 0. The van der Waals surface area contributed by atoms with Crippen LogP contribution in [0, 0.1) is 11.8 Å². The van der Waals surface area contributed by atoms with E-state index in [0.717, 1.165) is 35.7 Å². The van der Waals surface area contributed by atoms with Gasteiger partial charge >= 0.3 is 0 Å². The maximum absolute atomic E-state index is 5.79. The Kier molecular flexibility index (Phi) is 5.19. The second kappa shape index (κ2) is 6.67. The predicted molar refractivity (Wildman–Crippen MR) is 78.7 cm³/mol. The Balaban J connectivity index is 1.80. The fourth-order valence-corrected chi connectivity index (χ4v) is 3.52. The highest BCUT2D eigenvalue weighted by Crippen LogP contribution is 2.34. The SMILES string of the molecule is CCC1CCC(NCc2ccc(CSC)o2)C1C. The molecule has 0 spiro atoms. The number of thioether (sulfide) groups is 1. The zero-order valence-electron chi connectivity index (χ0n) is 11.7. The average Bonchev–Trinajstić information content (AvgIpc) is 2.94. The van der Waals surface area contributed by atoms with Crippen LogP contribution in [0.4, 0.5) is 0 Å². The Bertz CT molecular complexity index is 363. The van der Waals surface area contributed by atoms with Crippen LogP contribution in [0.25, 0.3) is 0 Å². The van der Waals surface area contributed by atoms with Crippen LogP contribution in [0.5, 0.6) is 0 Å². The summed E-state index contributed by atoms with van der Waals surface area (Å²) in [5.74, 6) is 4.84. The third-order valence-corrected chi connectivity index (χ3v) is 4.87. The molecule has 3 heteroatoms. The van der Waals surface area contributed by atoms with E-state index in [4.69, 9.17) is 4.42 Å². The molecule has 1 N–H and O–H groups in total. The van der Waals surface area contributed by atoms with Crippen LogP contribution in [-0.2, 0) is 12.3 Å². The van der Waals surface area contributed by atoms with Crippen molar-refractivity contribution in [3.63, 3.8) is 0 Å². The van der Waals surface area contributed by atoms with Gasteiger partial charge < -0.3 is 9.73 Å². The molecule has 1 saturated carbocycles. The van der Waals surface area contributed by atoms with Gasteiger partial charge in [-0.1, -0.05) is 20.3 Å². The minimum atomic E-state index is 0.670. The van der Waals surface area contributed by atoms with Gasteiger partial charge in [-0.2, -0.15) is 11.8 Å². The summed E-state index contributed by atoms with van der Waals surface area (Å²) in [6, 6.07) is 4.87. The van der Waals surface area contributed by atoms with Gasteiger partial charge in [0.05, 0.1) is 12.3 Å². The first-order valence-corrected chi connectivity index (χ1v) is 8.43. The molecular formula is C15H25NOS. The van der Waals surface area contributed by atoms with Crippen LogP contribution < -0.4 is 5.32 Å². The standard InChI is InChI=1S/C15H25NOS/c1-4-12-5-8-15(11(12)2)16-9-13-6-7-14(17-13)10-18-3/h6-7,11-12,15-16H,4-5,8-10H2,1-3H3. The molecule has 0 aliphatic heterocycles. The Morgan fingerprint density at radius 3 is 2.78 bits per heavy atom. The summed E-state index contributed by atoms with van der Waals surface area (Å²) in [6.07, 6.45) is 6.12. The van der Waals surface area contributed by atoms with Gasteiger partial charge in [-0.3, -0.25) is 0 Å². The van der Waals surface area contributed by atoms with E-state index in [2.05, 4.69) is 37.6 Å². The maximum Gasteiger partial charge on any atom is 0.118 e. The average molecular weight is 267 g/mol. The molecule has 3 unspecified atom stereocenters. The third-order valence-electron chi connectivity index (χ3n) is 4.29. The number of furan rings is 1. The topological polar surface area (TPSA) is 25.2 Å². The molecule has 2 nitrogen and oxygen atoms in total. The van der Waals surface area contributed by atoms with Gasteiger partial charge in [0.2, 0.25) is 0 Å². The fraction of sp³-hybridized carbons (Fsp3) is 0.733. The van der Waals surface area contributed by atoms with E-state index in [-0.39, 0.29) is 0 Å². The maximum atomic E-state index is 5.79. The van der Waals surface area contributed by atoms with Crippen molar-refractivity contribution < 1.29 is 4.42 Å². The van der Waals surface area contributed by atoms with E-state index in [9.17, 15) is 0 Å². The zero-order valence-corrected chi connectivity index (χ0v) is 12.6. The molecule has 1 aliphatic rings. The molecule has 3 atom stereocenters. The molecule has 0 radical (unpaired) electrons. The van der Waals surface area contributed by atoms with Crippen molar-refractivity contribution in [2.75, 3.05) is 6.26 Å². The van der Waals surface area contributed by atoms with Gasteiger partial charge in [-0.05, 0) is 43.1 Å². The van der Waals surface area contributed by atoms with Crippen molar-refractivity contribution in [1.82, 2.24) is 5.32 Å². The normalized spacial score (nSPS) is 27.8. The molecule has 1 aromatic rings. The lowest BCUT2D eigenvalue weighted by Gasteiger charge is -2.20. The van der Waals surface area contributed by atoms with E-state index < -0.39 is 0 Å². The minimum absolute atomic E-state index is 0.670. The van der Waals surface area contributed by atoms with E-state index in [1.807, 2.05) is 0 Å². The summed E-state index contributed by atoms with van der Waals surface area (Å²) in [5.41, 5.74) is 0. The number of rotatable bonds is 6. The van der Waals surface area contributed by atoms with Crippen molar-refractivity contribution >= 4 is 11.8 Å². The first-order chi connectivity index (χ1) is 8.74. The molecule has 1 aliphatic carbocycles. The molecule has 1 heterocycles. The van der Waals surface area contributed by atoms with Gasteiger partial charge in [0, 0.05) is 6.04 Å². The molecule has 0 bridgehead atoms. The zero-order chi connectivity index (χ0) is 13.0. The van der Waals surface area contributed by atoms with E-state index >= 15 is 0 Å². The molecule has 2 rings (SSSR count). The Hall–Kier alpha value is -0.410. The Morgan fingerprint density at radius 1 is 1.33 bits per heavy atom. The predicted octanol–water partition coefficient (Wildman–Crippen LogP) is 4.06. The van der Waals surface area contributed by atoms with Gasteiger partial charge in [0.25, 0.3) is 0 Å². The summed E-state index contributed by atoms with van der Waals surface area (Å²) >= 11 is 1.80. The van der Waals surface area contributed by atoms with Gasteiger partial charge in [0.1, 0.15) is 11.5 Å². The number of hydrogen-bond donors (Lipinski definition) is 1. The fourth-order valence-electron chi connectivity index (χ4n) is 3.08. The monoisotopic (exact) mass is 267 g/mol. The second-order valence-corrected chi connectivity index (χ2v) is 6.26.